The number of aromatic nitrogens is 6. The molecule has 0 aromatic carbocycles. The van der Waals surface area contributed by atoms with Crippen molar-refractivity contribution in [2.75, 3.05) is 19.7 Å². The first-order valence-corrected chi connectivity index (χ1v) is 11.0. The van der Waals surface area contributed by atoms with Crippen LogP contribution in [0.15, 0.2) is 12.5 Å². The molecule has 1 aliphatic rings. The molecule has 0 N–H and O–H groups in total. The standard InChI is InChI=1S/C22H31N7O3/c1-7-29-14(2)16(10-25-29)18-26-17-19(27(18)6)23-13-24-20(17)32-15-8-9-28(11-15)21(30)31-12-22(3,4)5/h10,13,15H,7-9,11-12H2,1-6H3. The van der Waals surface area contributed by atoms with Crippen LogP contribution in [0, 0.1) is 12.3 Å². The first-order valence-electron chi connectivity index (χ1n) is 11.0. The van der Waals surface area contributed by atoms with Gasteiger partial charge in [0.1, 0.15) is 18.3 Å². The Balaban J connectivity index is 1.52. The number of nitrogens with zero attached hydrogens (tertiary/aromatic N) is 7. The number of hydrogen-bond acceptors (Lipinski definition) is 7. The lowest BCUT2D eigenvalue weighted by molar-refractivity contribution is 0.0749. The van der Waals surface area contributed by atoms with Crippen molar-refractivity contribution in [2.45, 2.75) is 53.7 Å². The zero-order valence-corrected chi connectivity index (χ0v) is 19.6. The van der Waals surface area contributed by atoms with Gasteiger partial charge in [-0.1, -0.05) is 20.8 Å². The Hall–Kier alpha value is -3.17. The van der Waals surface area contributed by atoms with Crippen LogP contribution in [0.5, 0.6) is 5.88 Å². The fraction of sp³-hybridized carbons (Fsp3) is 0.591. The molecule has 4 heterocycles. The van der Waals surface area contributed by atoms with Gasteiger partial charge in [-0.25, -0.2) is 14.8 Å². The molecular formula is C22H31N7O3. The largest absolute Gasteiger partial charge is 0.471 e. The third-order valence-electron chi connectivity index (χ3n) is 5.58. The lowest BCUT2D eigenvalue weighted by Crippen LogP contribution is -2.33. The number of hydrogen-bond donors (Lipinski definition) is 0. The maximum atomic E-state index is 12.4. The van der Waals surface area contributed by atoms with Crippen LogP contribution >= 0.6 is 0 Å². The van der Waals surface area contributed by atoms with Gasteiger partial charge in [-0.3, -0.25) is 4.68 Å². The van der Waals surface area contributed by atoms with Crippen LogP contribution in [-0.4, -0.2) is 66.1 Å². The molecule has 1 aliphatic heterocycles. The van der Waals surface area contributed by atoms with Crippen LogP contribution in [0.1, 0.15) is 39.8 Å². The van der Waals surface area contributed by atoms with E-state index in [-0.39, 0.29) is 17.6 Å². The van der Waals surface area contributed by atoms with E-state index in [0.717, 1.165) is 23.6 Å². The second-order valence-corrected chi connectivity index (χ2v) is 9.39. The Bertz CT molecular complexity index is 1130. The molecule has 0 radical (unpaired) electrons. The first-order chi connectivity index (χ1) is 15.2. The summed E-state index contributed by atoms with van der Waals surface area (Å²) in [6.07, 6.45) is 3.53. The van der Waals surface area contributed by atoms with Crippen molar-refractivity contribution in [3.63, 3.8) is 0 Å². The Morgan fingerprint density at radius 2 is 2.06 bits per heavy atom. The summed E-state index contributed by atoms with van der Waals surface area (Å²) in [6, 6.07) is 0. The molecule has 3 aromatic rings. The van der Waals surface area contributed by atoms with Gasteiger partial charge in [0.25, 0.3) is 0 Å². The monoisotopic (exact) mass is 441 g/mol. The lowest BCUT2D eigenvalue weighted by Gasteiger charge is -2.21. The molecule has 32 heavy (non-hydrogen) atoms. The molecule has 1 unspecified atom stereocenters. The van der Waals surface area contributed by atoms with E-state index < -0.39 is 0 Å². The van der Waals surface area contributed by atoms with Crippen LogP contribution in [0.2, 0.25) is 0 Å². The Morgan fingerprint density at radius 1 is 1.28 bits per heavy atom. The second-order valence-electron chi connectivity index (χ2n) is 9.39. The van der Waals surface area contributed by atoms with Crippen molar-refractivity contribution >= 4 is 17.3 Å². The number of imidazole rings is 1. The molecule has 3 aromatic heterocycles. The van der Waals surface area contributed by atoms with E-state index >= 15 is 0 Å². The maximum absolute atomic E-state index is 12.4. The van der Waals surface area contributed by atoms with Crippen molar-refractivity contribution < 1.29 is 14.3 Å². The zero-order chi connectivity index (χ0) is 23.0. The van der Waals surface area contributed by atoms with E-state index in [4.69, 9.17) is 14.5 Å². The van der Waals surface area contributed by atoms with Crippen LogP contribution in [0.25, 0.3) is 22.6 Å². The number of fused-ring (bicyclic) bond motifs is 1. The summed E-state index contributed by atoms with van der Waals surface area (Å²) < 4.78 is 15.5. The summed E-state index contributed by atoms with van der Waals surface area (Å²) in [5, 5.41) is 4.43. The van der Waals surface area contributed by atoms with Gasteiger partial charge in [0, 0.05) is 32.3 Å². The third kappa shape index (κ3) is 4.26. The molecule has 4 rings (SSSR count). The average molecular weight is 442 g/mol. The summed E-state index contributed by atoms with van der Waals surface area (Å²) in [5.74, 6) is 1.19. The van der Waals surface area contributed by atoms with E-state index in [1.807, 2.05) is 50.2 Å². The van der Waals surface area contributed by atoms with Crippen LogP contribution < -0.4 is 4.74 Å². The van der Waals surface area contributed by atoms with E-state index in [1.165, 1.54) is 6.33 Å². The van der Waals surface area contributed by atoms with Crippen LogP contribution in [0.4, 0.5) is 4.79 Å². The van der Waals surface area contributed by atoms with Crippen molar-refractivity contribution in [3.05, 3.63) is 18.2 Å². The molecular weight excluding hydrogens is 410 g/mol. The minimum atomic E-state index is -0.303. The summed E-state index contributed by atoms with van der Waals surface area (Å²) in [5.41, 5.74) is 3.21. The number of carbonyl (C=O) groups excluding carboxylic acids is 1. The minimum Gasteiger partial charge on any atom is -0.471 e. The SMILES string of the molecule is CCn1ncc(-c2nc3c(OC4CCN(C(=O)OCC(C)(C)C)C4)ncnc3n2C)c1C. The van der Waals surface area contributed by atoms with Gasteiger partial charge in [0.05, 0.1) is 24.9 Å². The zero-order valence-electron chi connectivity index (χ0n) is 19.6. The van der Waals surface area contributed by atoms with Crippen LogP contribution in [0.3, 0.4) is 0 Å². The van der Waals surface area contributed by atoms with Crippen molar-refractivity contribution in [3.8, 4) is 17.3 Å². The summed E-state index contributed by atoms with van der Waals surface area (Å²) in [6.45, 7) is 12.4. The van der Waals surface area contributed by atoms with Gasteiger partial charge >= 0.3 is 6.09 Å². The Morgan fingerprint density at radius 3 is 2.75 bits per heavy atom. The molecule has 10 nitrogen and oxygen atoms in total. The fourth-order valence-corrected chi connectivity index (χ4v) is 3.81. The number of carbonyl (C=O) groups is 1. The van der Waals surface area contributed by atoms with Crippen LogP contribution in [-0.2, 0) is 18.3 Å². The van der Waals surface area contributed by atoms with Crippen molar-refractivity contribution in [2.24, 2.45) is 12.5 Å². The smallest absolute Gasteiger partial charge is 0.409 e. The molecule has 0 saturated carbocycles. The highest BCUT2D eigenvalue weighted by molar-refractivity contribution is 5.81. The van der Waals surface area contributed by atoms with E-state index in [2.05, 4.69) is 22.0 Å². The summed E-state index contributed by atoms with van der Waals surface area (Å²) >= 11 is 0. The highest BCUT2D eigenvalue weighted by Gasteiger charge is 2.31. The molecule has 1 amide bonds. The Kier molecular flexibility index (Phi) is 5.79. The number of rotatable bonds is 5. The van der Waals surface area contributed by atoms with Gasteiger partial charge in [-0.05, 0) is 19.3 Å². The number of aryl methyl sites for hydroxylation is 2. The molecule has 1 saturated heterocycles. The summed E-state index contributed by atoms with van der Waals surface area (Å²) in [7, 11) is 1.92. The van der Waals surface area contributed by atoms with Gasteiger partial charge in [0.15, 0.2) is 11.2 Å². The van der Waals surface area contributed by atoms with Crippen molar-refractivity contribution in [1.29, 1.82) is 0 Å². The molecule has 1 atom stereocenters. The highest BCUT2D eigenvalue weighted by Crippen LogP contribution is 2.30. The van der Waals surface area contributed by atoms with E-state index in [9.17, 15) is 4.79 Å². The molecule has 10 heteroatoms. The van der Waals surface area contributed by atoms with Gasteiger partial charge in [-0.2, -0.15) is 10.1 Å². The van der Waals surface area contributed by atoms with Gasteiger partial charge < -0.3 is 18.9 Å². The highest BCUT2D eigenvalue weighted by atomic mass is 16.6. The number of amides is 1. The average Bonchev–Trinajstić information content (AvgIpc) is 3.44. The predicted molar refractivity (Wildman–Crippen MR) is 119 cm³/mol. The number of ether oxygens (including phenoxy) is 2. The molecule has 0 aliphatic carbocycles. The normalized spacial score (nSPS) is 16.7. The lowest BCUT2D eigenvalue weighted by atomic mass is 9.99. The molecule has 0 spiro atoms. The number of likely N-dealkylation sites (tertiary alicyclic amines) is 1. The van der Waals surface area contributed by atoms with E-state index in [0.29, 0.717) is 43.2 Å². The quantitative estimate of drug-likeness (QED) is 0.599. The molecule has 172 valence electrons. The van der Waals surface area contributed by atoms with Crippen molar-refractivity contribution in [1.82, 2.24) is 34.2 Å². The third-order valence-corrected chi connectivity index (χ3v) is 5.58. The fourth-order valence-electron chi connectivity index (χ4n) is 3.81. The minimum absolute atomic E-state index is 0.0689. The van der Waals surface area contributed by atoms with Gasteiger partial charge in [-0.15, -0.1) is 0 Å². The topological polar surface area (TPSA) is 100 Å². The second kappa shape index (κ2) is 8.40. The maximum Gasteiger partial charge on any atom is 0.409 e. The summed E-state index contributed by atoms with van der Waals surface area (Å²) in [4.78, 5) is 27.6. The predicted octanol–water partition coefficient (Wildman–Crippen LogP) is 3.19. The van der Waals surface area contributed by atoms with Gasteiger partial charge in [0.2, 0.25) is 5.88 Å². The molecule has 1 fully saturated rings. The van der Waals surface area contributed by atoms with E-state index in [1.54, 1.807) is 4.90 Å². The first kappa shape index (κ1) is 22.0. The Labute approximate surface area is 187 Å². The molecule has 0 bridgehead atoms.